The molecule has 1 aliphatic rings. The van der Waals surface area contributed by atoms with Crippen LogP contribution in [0.2, 0.25) is 0 Å². The minimum absolute atomic E-state index is 0.0399. The van der Waals surface area contributed by atoms with E-state index >= 15 is 0 Å². The van der Waals surface area contributed by atoms with Crippen LogP contribution in [0.5, 0.6) is 0 Å². The highest BCUT2D eigenvalue weighted by molar-refractivity contribution is 5.99. The second-order valence-electron chi connectivity index (χ2n) is 4.82. The fourth-order valence-electron chi connectivity index (χ4n) is 2.44. The lowest BCUT2D eigenvalue weighted by Crippen LogP contribution is -2.43. The van der Waals surface area contributed by atoms with Gasteiger partial charge in [-0.1, -0.05) is 0 Å². The monoisotopic (exact) mass is 263 g/mol. The fraction of sp³-hybridized carbons (Fsp3) is 0.500. The number of piperidine rings is 1. The molecule has 1 unspecified atom stereocenters. The Balaban J connectivity index is 2.10. The molecule has 0 bridgehead atoms. The Morgan fingerprint density at radius 2 is 2.26 bits per heavy atom. The molecule has 19 heavy (non-hydrogen) atoms. The normalized spacial score (nSPS) is 19.4. The standard InChI is InChI=1S/C14H21N3O2/c1-2-19-11-4-3-7-17(9-11)14(18)12-6-5-10(15)8-13(12)16/h5-6,8,11H,2-4,7,9,15-16H2,1H3. The van der Waals surface area contributed by atoms with E-state index in [0.717, 1.165) is 19.4 Å². The first-order chi connectivity index (χ1) is 9.11. The van der Waals surface area contributed by atoms with Gasteiger partial charge in [-0.25, -0.2) is 0 Å². The number of amides is 1. The Morgan fingerprint density at radius 1 is 1.47 bits per heavy atom. The van der Waals surface area contributed by atoms with E-state index < -0.39 is 0 Å². The third-order valence-corrected chi connectivity index (χ3v) is 3.37. The average molecular weight is 263 g/mol. The zero-order chi connectivity index (χ0) is 13.8. The first-order valence-corrected chi connectivity index (χ1v) is 6.67. The minimum atomic E-state index is -0.0399. The second-order valence-corrected chi connectivity index (χ2v) is 4.82. The second kappa shape index (κ2) is 5.93. The number of carbonyl (C=O) groups is 1. The van der Waals surface area contributed by atoms with Gasteiger partial charge in [-0.2, -0.15) is 0 Å². The molecule has 5 nitrogen and oxygen atoms in total. The number of benzene rings is 1. The first kappa shape index (κ1) is 13.7. The molecule has 1 amide bonds. The summed E-state index contributed by atoms with van der Waals surface area (Å²) in [7, 11) is 0. The van der Waals surface area contributed by atoms with Crippen LogP contribution in [-0.4, -0.2) is 36.6 Å². The maximum absolute atomic E-state index is 12.4. The third kappa shape index (κ3) is 3.17. The van der Waals surface area contributed by atoms with Gasteiger partial charge in [0.05, 0.1) is 11.7 Å². The topological polar surface area (TPSA) is 81.6 Å². The predicted octanol–water partition coefficient (Wildman–Crippen LogP) is 1.49. The summed E-state index contributed by atoms with van der Waals surface area (Å²) < 4.78 is 5.60. The molecule has 5 heteroatoms. The fourth-order valence-corrected chi connectivity index (χ4v) is 2.44. The first-order valence-electron chi connectivity index (χ1n) is 6.67. The number of ether oxygens (including phenoxy) is 1. The van der Waals surface area contributed by atoms with Crippen LogP contribution in [0.1, 0.15) is 30.1 Å². The Hall–Kier alpha value is -1.75. The molecule has 1 heterocycles. The molecule has 0 saturated carbocycles. The predicted molar refractivity (Wildman–Crippen MR) is 75.8 cm³/mol. The molecule has 1 saturated heterocycles. The van der Waals surface area contributed by atoms with Crippen molar-refractivity contribution in [2.45, 2.75) is 25.9 Å². The van der Waals surface area contributed by atoms with Crippen molar-refractivity contribution in [3.05, 3.63) is 23.8 Å². The molecule has 0 spiro atoms. The highest BCUT2D eigenvalue weighted by Gasteiger charge is 2.25. The minimum Gasteiger partial charge on any atom is -0.399 e. The Kier molecular flexibility index (Phi) is 4.27. The number of anilines is 2. The van der Waals surface area contributed by atoms with Crippen molar-refractivity contribution in [2.24, 2.45) is 0 Å². The van der Waals surface area contributed by atoms with Crippen LogP contribution >= 0.6 is 0 Å². The van der Waals surface area contributed by atoms with Crippen molar-refractivity contribution in [3.63, 3.8) is 0 Å². The van der Waals surface area contributed by atoms with Crippen molar-refractivity contribution in [1.29, 1.82) is 0 Å². The SMILES string of the molecule is CCOC1CCCN(C(=O)c2ccc(N)cc2N)C1. The van der Waals surface area contributed by atoms with Crippen LogP contribution in [0.3, 0.4) is 0 Å². The summed E-state index contributed by atoms with van der Waals surface area (Å²) in [5, 5.41) is 0. The van der Waals surface area contributed by atoms with Gasteiger partial charge >= 0.3 is 0 Å². The zero-order valence-corrected chi connectivity index (χ0v) is 11.3. The molecule has 1 fully saturated rings. The molecule has 1 aromatic carbocycles. The van der Waals surface area contributed by atoms with Crippen LogP contribution in [-0.2, 0) is 4.74 Å². The van der Waals surface area contributed by atoms with Crippen LogP contribution in [0.4, 0.5) is 11.4 Å². The molecule has 104 valence electrons. The smallest absolute Gasteiger partial charge is 0.256 e. The van der Waals surface area contributed by atoms with E-state index in [1.165, 1.54) is 0 Å². The molecule has 1 aliphatic heterocycles. The van der Waals surface area contributed by atoms with E-state index in [-0.39, 0.29) is 12.0 Å². The maximum Gasteiger partial charge on any atom is 0.256 e. The number of likely N-dealkylation sites (tertiary alicyclic amines) is 1. The number of carbonyl (C=O) groups excluding carboxylic acids is 1. The van der Waals surface area contributed by atoms with Gasteiger partial charge in [0.2, 0.25) is 0 Å². The van der Waals surface area contributed by atoms with E-state index in [2.05, 4.69) is 0 Å². The lowest BCUT2D eigenvalue weighted by molar-refractivity contribution is 0.00728. The van der Waals surface area contributed by atoms with Gasteiger partial charge in [0, 0.05) is 31.1 Å². The van der Waals surface area contributed by atoms with E-state index in [1.54, 1.807) is 18.2 Å². The lowest BCUT2D eigenvalue weighted by Gasteiger charge is -2.32. The molecule has 0 aromatic heterocycles. The van der Waals surface area contributed by atoms with Gasteiger partial charge < -0.3 is 21.1 Å². The molecular formula is C14H21N3O2. The van der Waals surface area contributed by atoms with Crippen molar-refractivity contribution in [1.82, 2.24) is 4.90 Å². The van der Waals surface area contributed by atoms with Gasteiger partial charge in [0.15, 0.2) is 0 Å². The summed E-state index contributed by atoms with van der Waals surface area (Å²) in [6.07, 6.45) is 2.11. The zero-order valence-electron chi connectivity index (χ0n) is 11.3. The third-order valence-electron chi connectivity index (χ3n) is 3.37. The number of nitrogens with zero attached hydrogens (tertiary/aromatic N) is 1. The molecule has 2 rings (SSSR count). The van der Waals surface area contributed by atoms with Crippen molar-refractivity contribution >= 4 is 17.3 Å². The Morgan fingerprint density at radius 3 is 2.95 bits per heavy atom. The number of nitrogen functional groups attached to an aromatic ring is 2. The highest BCUT2D eigenvalue weighted by Crippen LogP contribution is 2.21. The van der Waals surface area contributed by atoms with Crippen molar-refractivity contribution in [2.75, 3.05) is 31.2 Å². The highest BCUT2D eigenvalue weighted by atomic mass is 16.5. The van der Waals surface area contributed by atoms with E-state index in [0.29, 0.717) is 30.1 Å². The average Bonchev–Trinajstić information content (AvgIpc) is 2.39. The summed E-state index contributed by atoms with van der Waals surface area (Å²) in [5.41, 5.74) is 13.0. The summed E-state index contributed by atoms with van der Waals surface area (Å²) in [6.45, 7) is 4.04. The summed E-state index contributed by atoms with van der Waals surface area (Å²) in [5.74, 6) is -0.0399. The van der Waals surface area contributed by atoms with Crippen LogP contribution in [0.25, 0.3) is 0 Å². The molecule has 0 aliphatic carbocycles. The maximum atomic E-state index is 12.4. The van der Waals surface area contributed by atoms with E-state index in [9.17, 15) is 4.79 Å². The number of hydrogen-bond acceptors (Lipinski definition) is 4. The quantitative estimate of drug-likeness (QED) is 0.810. The lowest BCUT2D eigenvalue weighted by atomic mass is 10.1. The molecule has 1 aromatic rings. The Labute approximate surface area is 113 Å². The van der Waals surface area contributed by atoms with Crippen molar-refractivity contribution < 1.29 is 9.53 Å². The summed E-state index contributed by atoms with van der Waals surface area (Å²) in [4.78, 5) is 14.2. The molecule has 1 atom stereocenters. The van der Waals surface area contributed by atoms with Crippen LogP contribution in [0, 0.1) is 0 Å². The van der Waals surface area contributed by atoms with Gasteiger partial charge in [-0.15, -0.1) is 0 Å². The van der Waals surface area contributed by atoms with Crippen molar-refractivity contribution in [3.8, 4) is 0 Å². The number of rotatable bonds is 3. The number of hydrogen-bond donors (Lipinski definition) is 2. The van der Waals surface area contributed by atoms with E-state index in [4.69, 9.17) is 16.2 Å². The van der Waals surface area contributed by atoms with Gasteiger partial charge in [-0.05, 0) is 38.0 Å². The van der Waals surface area contributed by atoms with Gasteiger partial charge in [0.25, 0.3) is 5.91 Å². The summed E-state index contributed by atoms with van der Waals surface area (Å²) >= 11 is 0. The van der Waals surface area contributed by atoms with Crippen LogP contribution < -0.4 is 11.5 Å². The number of nitrogens with two attached hydrogens (primary N) is 2. The van der Waals surface area contributed by atoms with E-state index in [1.807, 2.05) is 11.8 Å². The molecule has 4 N–H and O–H groups in total. The van der Waals surface area contributed by atoms with Gasteiger partial charge in [0.1, 0.15) is 0 Å². The largest absolute Gasteiger partial charge is 0.399 e. The Bertz CT molecular complexity index is 460. The van der Waals surface area contributed by atoms with Gasteiger partial charge in [-0.3, -0.25) is 4.79 Å². The summed E-state index contributed by atoms with van der Waals surface area (Å²) in [6, 6.07) is 5.02. The van der Waals surface area contributed by atoms with Crippen LogP contribution in [0.15, 0.2) is 18.2 Å². The molecular weight excluding hydrogens is 242 g/mol. The molecule has 0 radical (unpaired) electrons.